The monoisotopic (exact) mass is 265 g/mol. The largest absolute Gasteiger partial charge is 0.448 e. The van der Waals surface area contributed by atoms with E-state index in [0.29, 0.717) is 6.04 Å². The zero-order chi connectivity index (χ0) is 12.2. The summed E-state index contributed by atoms with van der Waals surface area (Å²) in [5.41, 5.74) is 1.15. The van der Waals surface area contributed by atoms with Gasteiger partial charge in [0.15, 0.2) is 11.5 Å². The quantitative estimate of drug-likeness (QED) is 0.844. The maximum atomic E-state index is 6.37. The smallest absolute Gasteiger partial charge is 0.251 e. The highest BCUT2D eigenvalue weighted by Gasteiger charge is 2.47. The summed E-state index contributed by atoms with van der Waals surface area (Å²) in [6, 6.07) is 4.34. The second-order valence-electron chi connectivity index (χ2n) is 5.44. The average molecular weight is 266 g/mol. The first-order chi connectivity index (χ1) is 8.76. The van der Waals surface area contributed by atoms with E-state index in [4.69, 9.17) is 21.1 Å². The first-order valence-corrected chi connectivity index (χ1v) is 7.08. The van der Waals surface area contributed by atoms with E-state index in [-0.39, 0.29) is 5.79 Å². The Balaban J connectivity index is 1.69. The molecule has 2 aliphatic heterocycles. The minimum Gasteiger partial charge on any atom is -0.448 e. The second kappa shape index (κ2) is 3.78. The van der Waals surface area contributed by atoms with Crippen molar-refractivity contribution in [3.8, 4) is 11.5 Å². The standard InChI is InChI=1S/C14H16ClNO2/c15-10-8-13-12(17-14(18-13)4-2-5-14)7-9(10)11-3-1-6-16-11/h7-8,11,16H,1-6H2. The van der Waals surface area contributed by atoms with Gasteiger partial charge >= 0.3 is 0 Å². The minimum atomic E-state index is -0.368. The van der Waals surface area contributed by atoms with Crippen LogP contribution in [0.3, 0.4) is 0 Å². The fourth-order valence-electron chi connectivity index (χ4n) is 3.02. The van der Waals surface area contributed by atoms with Crippen LogP contribution < -0.4 is 14.8 Å². The van der Waals surface area contributed by atoms with Crippen molar-refractivity contribution in [3.63, 3.8) is 0 Å². The summed E-state index contributed by atoms with van der Waals surface area (Å²) in [5, 5.41) is 4.26. The summed E-state index contributed by atoms with van der Waals surface area (Å²) in [4.78, 5) is 0. The van der Waals surface area contributed by atoms with Gasteiger partial charge in [0.2, 0.25) is 0 Å². The third-order valence-electron chi connectivity index (χ3n) is 4.21. The van der Waals surface area contributed by atoms with Crippen molar-refractivity contribution in [2.45, 2.75) is 43.9 Å². The number of ether oxygens (including phenoxy) is 2. The Labute approximate surface area is 111 Å². The summed E-state index contributed by atoms with van der Waals surface area (Å²) < 4.78 is 11.9. The van der Waals surface area contributed by atoms with Gasteiger partial charge < -0.3 is 14.8 Å². The molecule has 0 radical (unpaired) electrons. The van der Waals surface area contributed by atoms with Crippen LogP contribution in [0.2, 0.25) is 5.02 Å². The van der Waals surface area contributed by atoms with Gasteiger partial charge in [0.25, 0.3) is 5.79 Å². The lowest BCUT2D eigenvalue weighted by molar-refractivity contribution is -0.138. The van der Waals surface area contributed by atoms with Gasteiger partial charge in [0.05, 0.1) is 0 Å². The van der Waals surface area contributed by atoms with Crippen LogP contribution in [0.5, 0.6) is 11.5 Å². The molecule has 1 saturated carbocycles. The molecular formula is C14H16ClNO2. The van der Waals surface area contributed by atoms with Crippen molar-refractivity contribution in [1.29, 1.82) is 0 Å². The van der Waals surface area contributed by atoms with Gasteiger partial charge in [-0.3, -0.25) is 0 Å². The summed E-state index contributed by atoms with van der Waals surface area (Å²) >= 11 is 6.37. The fraction of sp³-hybridized carbons (Fsp3) is 0.571. The number of nitrogens with one attached hydrogen (secondary N) is 1. The highest BCUT2D eigenvalue weighted by atomic mass is 35.5. The maximum absolute atomic E-state index is 6.37. The molecule has 3 nitrogen and oxygen atoms in total. The summed E-state index contributed by atoms with van der Waals surface area (Å²) in [7, 11) is 0. The zero-order valence-corrected chi connectivity index (χ0v) is 10.9. The number of halogens is 1. The van der Waals surface area contributed by atoms with Gasteiger partial charge in [0, 0.05) is 30.0 Å². The van der Waals surface area contributed by atoms with E-state index < -0.39 is 0 Å². The van der Waals surface area contributed by atoms with Crippen molar-refractivity contribution in [1.82, 2.24) is 5.32 Å². The fourth-order valence-corrected chi connectivity index (χ4v) is 3.30. The van der Waals surface area contributed by atoms with Crippen LogP contribution >= 0.6 is 11.6 Å². The molecule has 2 fully saturated rings. The van der Waals surface area contributed by atoms with Crippen LogP contribution in [-0.2, 0) is 0 Å². The number of fused-ring (bicyclic) bond motifs is 1. The van der Waals surface area contributed by atoms with Gasteiger partial charge in [-0.25, -0.2) is 0 Å². The van der Waals surface area contributed by atoms with E-state index in [1.54, 1.807) is 0 Å². The Morgan fingerprint density at radius 2 is 1.94 bits per heavy atom. The predicted octanol–water partition coefficient (Wildman–Crippen LogP) is 3.42. The normalized spacial score (nSPS) is 27.5. The molecule has 96 valence electrons. The lowest BCUT2D eigenvalue weighted by Crippen LogP contribution is -2.45. The Kier molecular flexibility index (Phi) is 2.30. The van der Waals surface area contributed by atoms with Crippen LogP contribution in [0.25, 0.3) is 0 Å². The third kappa shape index (κ3) is 1.54. The molecule has 1 N–H and O–H groups in total. The van der Waals surface area contributed by atoms with Crippen LogP contribution in [0.1, 0.15) is 43.7 Å². The number of hydrogen-bond donors (Lipinski definition) is 1. The van der Waals surface area contributed by atoms with E-state index >= 15 is 0 Å². The summed E-state index contributed by atoms with van der Waals surface area (Å²) in [6.45, 7) is 1.07. The van der Waals surface area contributed by atoms with E-state index in [2.05, 4.69) is 11.4 Å². The van der Waals surface area contributed by atoms with Crippen LogP contribution in [0.4, 0.5) is 0 Å². The lowest BCUT2D eigenvalue weighted by atomic mass is 9.91. The molecule has 0 bridgehead atoms. The molecule has 1 saturated heterocycles. The molecule has 4 heteroatoms. The van der Waals surface area contributed by atoms with E-state index in [9.17, 15) is 0 Å². The molecule has 1 aliphatic carbocycles. The van der Waals surface area contributed by atoms with E-state index in [1.807, 2.05) is 6.07 Å². The van der Waals surface area contributed by atoms with E-state index in [0.717, 1.165) is 47.9 Å². The first-order valence-electron chi connectivity index (χ1n) is 6.71. The number of benzene rings is 1. The van der Waals surface area contributed by atoms with Gasteiger partial charge in [-0.2, -0.15) is 0 Å². The van der Waals surface area contributed by atoms with Gasteiger partial charge in [-0.15, -0.1) is 0 Å². The molecule has 0 aromatic heterocycles. The summed E-state index contributed by atoms with van der Waals surface area (Å²) in [6.07, 6.45) is 5.50. The highest BCUT2D eigenvalue weighted by molar-refractivity contribution is 6.31. The van der Waals surface area contributed by atoms with Gasteiger partial charge in [0.1, 0.15) is 0 Å². The summed E-state index contributed by atoms with van der Waals surface area (Å²) in [5.74, 6) is 1.30. The first kappa shape index (κ1) is 10.9. The number of hydrogen-bond acceptors (Lipinski definition) is 3. The van der Waals surface area contributed by atoms with Crippen molar-refractivity contribution >= 4 is 11.6 Å². The molecule has 1 spiro atoms. The molecule has 0 amide bonds. The topological polar surface area (TPSA) is 30.5 Å². The van der Waals surface area contributed by atoms with Crippen molar-refractivity contribution in [2.75, 3.05) is 6.54 Å². The van der Waals surface area contributed by atoms with Gasteiger partial charge in [-0.1, -0.05) is 11.6 Å². The van der Waals surface area contributed by atoms with Gasteiger partial charge in [-0.05, 0) is 37.4 Å². The molecule has 1 aromatic rings. The molecule has 1 aromatic carbocycles. The van der Waals surface area contributed by atoms with Crippen molar-refractivity contribution < 1.29 is 9.47 Å². The molecular weight excluding hydrogens is 250 g/mol. The molecule has 4 rings (SSSR count). The van der Waals surface area contributed by atoms with Crippen molar-refractivity contribution in [2.24, 2.45) is 0 Å². The third-order valence-corrected chi connectivity index (χ3v) is 4.53. The van der Waals surface area contributed by atoms with Crippen LogP contribution in [0, 0.1) is 0 Å². The Morgan fingerprint density at radius 1 is 1.17 bits per heavy atom. The second-order valence-corrected chi connectivity index (χ2v) is 5.84. The average Bonchev–Trinajstić information content (AvgIpc) is 2.92. The Morgan fingerprint density at radius 3 is 2.56 bits per heavy atom. The van der Waals surface area contributed by atoms with E-state index in [1.165, 1.54) is 12.8 Å². The molecule has 18 heavy (non-hydrogen) atoms. The zero-order valence-electron chi connectivity index (χ0n) is 10.2. The molecule has 1 atom stereocenters. The lowest BCUT2D eigenvalue weighted by Gasteiger charge is -2.35. The van der Waals surface area contributed by atoms with Crippen molar-refractivity contribution in [3.05, 3.63) is 22.7 Å². The SMILES string of the molecule is Clc1cc2c(cc1C1CCCN1)OC1(CCC1)O2. The molecule has 2 heterocycles. The van der Waals surface area contributed by atoms with Crippen LogP contribution in [-0.4, -0.2) is 12.3 Å². The maximum Gasteiger partial charge on any atom is 0.251 e. The number of rotatable bonds is 1. The predicted molar refractivity (Wildman–Crippen MR) is 69.3 cm³/mol. The highest BCUT2D eigenvalue weighted by Crippen LogP contribution is 2.50. The molecule has 1 unspecified atom stereocenters. The molecule has 3 aliphatic rings. The van der Waals surface area contributed by atoms with Crippen LogP contribution in [0.15, 0.2) is 12.1 Å². The minimum absolute atomic E-state index is 0.365. The Bertz CT molecular complexity index is 493. The Hall–Kier alpha value is -0.930.